The summed E-state index contributed by atoms with van der Waals surface area (Å²) in [6.45, 7) is 0. The fourth-order valence-electron chi connectivity index (χ4n) is 1.26. The molecule has 2 aromatic rings. The van der Waals surface area contributed by atoms with Crippen LogP contribution in [0.1, 0.15) is 6.42 Å². The molecule has 18 heavy (non-hydrogen) atoms. The first-order chi connectivity index (χ1) is 8.66. The zero-order valence-electron chi connectivity index (χ0n) is 9.28. The van der Waals surface area contributed by atoms with Crippen molar-refractivity contribution >= 4 is 29.3 Å². The Bertz CT molecular complexity index is 541. The predicted molar refractivity (Wildman–Crippen MR) is 68.7 cm³/mol. The minimum Gasteiger partial charge on any atom is -0.370 e. The molecular weight excluding hydrogens is 274 g/mol. The smallest absolute Gasteiger partial charge is 0.218 e. The van der Waals surface area contributed by atoms with Crippen molar-refractivity contribution in [2.75, 3.05) is 5.75 Å². The summed E-state index contributed by atoms with van der Waals surface area (Å²) in [7, 11) is 0. The van der Waals surface area contributed by atoms with Gasteiger partial charge in [-0.3, -0.25) is 4.79 Å². The Labute approximate surface area is 112 Å². The van der Waals surface area contributed by atoms with Crippen molar-refractivity contribution in [3.8, 4) is 5.69 Å². The van der Waals surface area contributed by atoms with E-state index in [9.17, 15) is 4.79 Å². The Hall–Kier alpha value is -1.60. The SMILES string of the molecule is NC(=O)CCSc1nnnn1-c1ccc(Cl)cc1. The van der Waals surface area contributed by atoms with Gasteiger partial charge >= 0.3 is 0 Å². The highest BCUT2D eigenvalue weighted by molar-refractivity contribution is 7.99. The van der Waals surface area contributed by atoms with Gasteiger partial charge < -0.3 is 5.73 Å². The second-order valence-corrected chi connectivity index (χ2v) is 4.91. The van der Waals surface area contributed by atoms with Gasteiger partial charge in [0.15, 0.2) is 0 Å². The van der Waals surface area contributed by atoms with Crippen LogP contribution in [0.3, 0.4) is 0 Å². The first-order valence-corrected chi connectivity index (χ1v) is 6.48. The van der Waals surface area contributed by atoms with E-state index in [1.807, 2.05) is 12.1 Å². The number of thioether (sulfide) groups is 1. The predicted octanol–water partition coefficient (Wildman–Crippen LogP) is 1.28. The number of aromatic nitrogens is 4. The van der Waals surface area contributed by atoms with E-state index >= 15 is 0 Å². The number of hydrogen-bond acceptors (Lipinski definition) is 5. The van der Waals surface area contributed by atoms with Crippen molar-refractivity contribution in [3.63, 3.8) is 0 Å². The molecule has 1 heterocycles. The number of nitrogens with zero attached hydrogens (tertiary/aromatic N) is 4. The van der Waals surface area contributed by atoms with E-state index in [1.165, 1.54) is 11.8 Å². The summed E-state index contributed by atoms with van der Waals surface area (Å²) in [6.07, 6.45) is 0.290. The molecule has 0 radical (unpaired) electrons. The van der Waals surface area contributed by atoms with Crippen LogP contribution in [0.5, 0.6) is 0 Å². The molecule has 1 amide bonds. The summed E-state index contributed by atoms with van der Waals surface area (Å²) in [5, 5.41) is 12.7. The molecule has 1 aromatic carbocycles. The molecule has 0 unspecified atom stereocenters. The largest absolute Gasteiger partial charge is 0.370 e. The molecule has 8 heteroatoms. The van der Waals surface area contributed by atoms with Crippen molar-refractivity contribution in [2.24, 2.45) is 5.73 Å². The Morgan fingerprint density at radius 2 is 2.11 bits per heavy atom. The minimum atomic E-state index is -0.340. The summed E-state index contributed by atoms with van der Waals surface area (Å²) in [5.74, 6) is 0.205. The van der Waals surface area contributed by atoms with E-state index in [0.29, 0.717) is 15.9 Å². The molecule has 0 saturated heterocycles. The maximum absolute atomic E-state index is 10.7. The van der Waals surface area contributed by atoms with Gasteiger partial charge in [-0.25, -0.2) is 0 Å². The summed E-state index contributed by atoms with van der Waals surface area (Å²) in [6, 6.07) is 7.15. The quantitative estimate of drug-likeness (QED) is 0.836. The third-order valence-electron chi connectivity index (χ3n) is 2.09. The second kappa shape index (κ2) is 5.83. The molecular formula is C10H10ClN5OS. The van der Waals surface area contributed by atoms with Crippen LogP contribution in [0.15, 0.2) is 29.4 Å². The van der Waals surface area contributed by atoms with Crippen molar-refractivity contribution < 1.29 is 4.79 Å². The van der Waals surface area contributed by atoms with E-state index in [1.54, 1.807) is 16.8 Å². The number of rotatable bonds is 5. The number of halogens is 1. The lowest BCUT2D eigenvalue weighted by atomic mass is 10.3. The number of primary amides is 1. The van der Waals surface area contributed by atoms with Crippen LogP contribution in [0, 0.1) is 0 Å². The number of tetrazole rings is 1. The first-order valence-electron chi connectivity index (χ1n) is 5.12. The lowest BCUT2D eigenvalue weighted by Gasteiger charge is -2.03. The number of carbonyl (C=O) groups excluding carboxylic acids is 1. The van der Waals surface area contributed by atoms with Gasteiger partial charge in [0.05, 0.1) is 5.69 Å². The highest BCUT2D eigenvalue weighted by atomic mass is 35.5. The molecule has 0 aliphatic heterocycles. The number of hydrogen-bond donors (Lipinski definition) is 1. The van der Waals surface area contributed by atoms with Gasteiger partial charge in [-0.15, -0.1) is 5.10 Å². The number of benzene rings is 1. The number of amides is 1. The monoisotopic (exact) mass is 283 g/mol. The van der Waals surface area contributed by atoms with Crippen LogP contribution >= 0.6 is 23.4 Å². The maximum Gasteiger partial charge on any atom is 0.218 e. The van der Waals surface area contributed by atoms with Crippen molar-refractivity contribution in [2.45, 2.75) is 11.6 Å². The van der Waals surface area contributed by atoms with Crippen LogP contribution in [0.4, 0.5) is 0 Å². The fraction of sp³-hybridized carbons (Fsp3) is 0.200. The lowest BCUT2D eigenvalue weighted by Crippen LogP contribution is -2.11. The molecule has 2 rings (SSSR count). The molecule has 0 atom stereocenters. The summed E-state index contributed by atoms with van der Waals surface area (Å²) in [5.41, 5.74) is 5.88. The minimum absolute atomic E-state index is 0.290. The standard InChI is InChI=1S/C10H10ClN5OS/c11-7-1-3-8(4-2-7)16-10(13-14-15-16)18-6-5-9(12)17/h1-4H,5-6H2,(H2,12,17). The van der Waals surface area contributed by atoms with E-state index in [-0.39, 0.29) is 12.3 Å². The Balaban J connectivity index is 2.12. The van der Waals surface area contributed by atoms with Gasteiger partial charge in [-0.2, -0.15) is 4.68 Å². The molecule has 0 bridgehead atoms. The zero-order valence-corrected chi connectivity index (χ0v) is 10.9. The molecule has 0 saturated carbocycles. The second-order valence-electron chi connectivity index (χ2n) is 3.41. The molecule has 0 spiro atoms. The fourth-order valence-corrected chi connectivity index (χ4v) is 2.23. The Morgan fingerprint density at radius 1 is 1.39 bits per heavy atom. The first kappa shape index (κ1) is 12.8. The average Bonchev–Trinajstić information content (AvgIpc) is 2.78. The van der Waals surface area contributed by atoms with Gasteiger partial charge in [0.25, 0.3) is 0 Å². The molecule has 1 aromatic heterocycles. The van der Waals surface area contributed by atoms with Gasteiger partial charge in [-0.05, 0) is 34.7 Å². The Morgan fingerprint density at radius 3 is 2.78 bits per heavy atom. The third-order valence-corrected chi connectivity index (χ3v) is 3.26. The van der Waals surface area contributed by atoms with Gasteiger partial charge in [0, 0.05) is 17.2 Å². The van der Waals surface area contributed by atoms with Crippen LogP contribution in [0.2, 0.25) is 5.02 Å². The van der Waals surface area contributed by atoms with Gasteiger partial charge in [-0.1, -0.05) is 23.4 Å². The van der Waals surface area contributed by atoms with E-state index in [4.69, 9.17) is 17.3 Å². The Kier molecular flexibility index (Phi) is 4.16. The van der Waals surface area contributed by atoms with E-state index < -0.39 is 0 Å². The van der Waals surface area contributed by atoms with Crippen molar-refractivity contribution in [1.82, 2.24) is 20.2 Å². The highest BCUT2D eigenvalue weighted by Gasteiger charge is 2.09. The zero-order chi connectivity index (χ0) is 13.0. The van der Waals surface area contributed by atoms with E-state index in [2.05, 4.69) is 15.5 Å². The molecule has 0 aliphatic carbocycles. The maximum atomic E-state index is 10.7. The molecule has 0 fully saturated rings. The van der Waals surface area contributed by atoms with Crippen molar-refractivity contribution in [3.05, 3.63) is 29.3 Å². The summed E-state index contributed by atoms with van der Waals surface area (Å²) in [4.78, 5) is 10.7. The topological polar surface area (TPSA) is 86.7 Å². The molecule has 2 N–H and O–H groups in total. The van der Waals surface area contributed by atoms with E-state index in [0.717, 1.165) is 5.69 Å². The van der Waals surface area contributed by atoms with Crippen LogP contribution < -0.4 is 5.73 Å². The summed E-state index contributed by atoms with van der Waals surface area (Å²) < 4.78 is 1.59. The number of carbonyl (C=O) groups is 1. The van der Waals surface area contributed by atoms with Gasteiger partial charge in [0.1, 0.15) is 0 Å². The van der Waals surface area contributed by atoms with Crippen molar-refractivity contribution in [1.29, 1.82) is 0 Å². The summed E-state index contributed by atoms with van der Waals surface area (Å²) >= 11 is 7.19. The normalized spacial score (nSPS) is 10.5. The average molecular weight is 284 g/mol. The highest BCUT2D eigenvalue weighted by Crippen LogP contribution is 2.19. The van der Waals surface area contributed by atoms with Crippen LogP contribution in [-0.4, -0.2) is 31.9 Å². The third kappa shape index (κ3) is 3.21. The van der Waals surface area contributed by atoms with Gasteiger partial charge in [0.2, 0.25) is 11.1 Å². The molecule has 6 nitrogen and oxygen atoms in total. The molecule has 94 valence electrons. The van der Waals surface area contributed by atoms with Crippen LogP contribution in [0.25, 0.3) is 5.69 Å². The molecule has 0 aliphatic rings. The lowest BCUT2D eigenvalue weighted by molar-refractivity contribution is -0.117. The van der Waals surface area contributed by atoms with Crippen LogP contribution in [-0.2, 0) is 4.79 Å². The number of nitrogens with two attached hydrogens (primary N) is 1.